The maximum absolute atomic E-state index is 9.09. The largest absolute Gasteiger partial charge is 0.392 e. The number of hydrogen-bond donors (Lipinski definition) is 1. The Hall–Kier alpha value is -1.43. The quantitative estimate of drug-likeness (QED) is 0.941. The third-order valence-electron chi connectivity index (χ3n) is 4.27. The third-order valence-corrected chi connectivity index (χ3v) is 5.41. The standard InChI is InChI=1S/C17H23N3OS/c1-13-14(2)22-17(18-13)20-9-7-19(8-10-20)11-15-3-5-16(12-21)6-4-15/h3-6,21H,7-12H2,1-2H3. The number of aliphatic hydroxyl groups excluding tert-OH is 1. The Morgan fingerprint density at radius 3 is 2.23 bits per heavy atom. The van der Waals surface area contributed by atoms with Gasteiger partial charge in [0, 0.05) is 37.6 Å². The lowest BCUT2D eigenvalue weighted by Gasteiger charge is -2.34. The molecule has 0 bridgehead atoms. The van der Waals surface area contributed by atoms with Crippen LogP contribution in [0.3, 0.4) is 0 Å². The minimum absolute atomic E-state index is 0.117. The molecule has 1 aliphatic heterocycles. The first kappa shape index (κ1) is 15.5. The first-order chi connectivity index (χ1) is 10.7. The predicted molar refractivity (Wildman–Crippen MR) is 91.4 cm³/mol. The fourth-order valence-electron chi connectivity index (χ4n) is 2.70. The van der Waals surface area contributed by atoms with E-state index in [1.807, 2.05) is 12.1 Å². The van der Waals surface area contributed by atoms with Gasteiger partial charge in [-0.3, -0.25) is 4.90 Å². The van der Waals surface area contributed by atoms with E-state index in [4.69, 9.17) is 5.11 Å². The van der Waals surface area contributed by atoms with E-state index in [9.17, 15) is 0 Å². The van der Waals surface area contributed by atoms with Crippen molar-refractivity contribution in [3.05, 3.63) is 46.0 Å². The summed E-state index contributed by atoms with van der Waals surface area (Å²) in [6.07, 6.45) is 0. The van der Waals surface area contributed by atoms with Crippen LogP contribution in [0.2, 0.25) is 0 Å². The van der Waals surface area contributed by atoms with Crippen molar-refractivity contribution in [3.8, 4) is 0 Å². The second-order valence-electron chi connectivity index (χ2n) is 5.88. The SMILES string of the molecule is Cc1nc(N2CCN(Cc3ccc(CO)cc3)CC2)sc1C. The van der Waals surface area contributed by atoms with Gasteiger partial charge in [-0.1, -0.05) is 24.3 Å². The monoisotopic (exact) mass is 317 g/mol. The number of anilines is 1. The van der Waals surface area contributed by atoms with Crippen molar-refractivity contribution in [2.24, 2.45) is 0 Å². The molecule has 4 nitrogen and oxygen atoms in total. The molecule has 0 radical (unpaired) electrons. The summed E-state index contributed by atoms with van der Waals surface area (Å²) in [7, 11) is 0. The topological polar surface area (TPSA) is 39.6 Å². The van der Waals surface area contributed by atoms with Gasteiger partial charge in [0.1, 0.15) is 0 Å². The lowest BCUT2D eigenvalue weighted by molar-refractivity contribution is 0.249. The fraction of sp³-hybridized carbons (Fsp3) is 0.471. The van der Waals surface area contributed by atoms with Gasteiger partial charge in [-0.05, 0) is 25.0 Å². The molecule has 0 spiro atoms. The van der Waals surface area contributed by atoms with E-state index >= 15 is 0 Å². The lowest BCUT2D eigenvalue weighted by atomic mass is 10.1. The smallest absolute Gasteiger partial charge is 0.185 e. The molecule has 1 aromatic heterocycles. The molecular weight excluding hydrogens is 294 g/mol. The van der Waals surface area contributed by atoms with E-state index in [1.54, 1.807) is 11.3 Å². The molecule has 0 saturated carbocycles. The minimum Gasteiger partial charge on any atom is -0.392 e. The van der Waals surface area contributed by atoms with Crippen molar-refractivity contribution in [2.45, 2.75) is 27.0 Å². The predicted octanol–water partition coefficient (Wildman–Crippen LogP) is 2.57. The van der Waals surface area contributed by atoms with Crippen LogP contribution in [0.25, 0.3) is 0 Å². The van der Waals surface area contributed by atoms with Crippen LogP contribution in [0, 0.1) is 13.8 Å². The molecule has 2 heterocycles. The summed E-state index contributed by atoms with van der Waals surface area (Å²) in [4.78, 5) is 10.9. The highest BCUT2D eigenvalue weighted by atomic mass is 32.1. The Morgan fingerprint density at radius 1 is 1.05 bits per heavy atom. The Bertz CT molecular complexity index is 596. The van der Waals surface area contributed by atoms with Crippen LogP contribution in [0.4, 0.5) is 5.13 Å². The van der Waals surface area contributed by atoms with Crippen molar-refractivity contribution in [3.63, 3.8) is 0 Å². The Morgan fingerprint density at radius 2 is 1.68 bits per heavy atom. The number of thiazole rings is 1. The zero-order valence-electron chi connectivity index (χ0n) is 13.2. The summed E-state index contributed by atoms with van der Waals surface area (Å²) in [5, 5.41) is 10.3. The lowest BCUT2D eigenvalue weighted by Crippen LogP contribution is -2.45. The van der Waals surface area contributed by atoms with Gasteiger partial charge in [0.05, 0.1) is 12.3 Å². The number of rotatable bonds is 4. The minimum atomic E-state index is 0.117. The second-order valence-corrected chi connectivity index (χ2v) is 7.06. The number of benzene rings is 1. The molecule has 1 fully saturated rings. The number of aliphatic hydroxyl groups is 1. The van der Waals surface area contributed by atoms with Crippen molar-refractivity contribution < 1.29 is 5.11 Å². The van der Waals surface area contributed by atoms with Gasteiger partial charge in [0.25, 0.3) is 0 Å². The van der Waals surface area contributed by atoms with E-state index in [1.165, 1.54) is 15.6 Å². The van der Waals surface area contributed by atoms with Crippen molar-refractivity contribution in [1.82, 2.24) is 9.88 Å². The van der Waals surface area contributed by atoms with E-state index in [0.717, 1.165) is 44.0 Å². The summed E-state index contributed by atoms with van der Waals surface area (Å²) in [5.41, 5.74) is 3.45. The maximum Gasteiger partial charge on any atom is 0.185 e. The molecule has 0 amide bonds. The number of nitrogens with zero attached hydrogens (tertiary/aromatic N) is 3. The van der Waals surface area contributed by atoms with E-state index in [2.05, 4.69) is 40.8 Å². The van der Waals surface area contributed by atoms with Gasteiger partial charge in [-0.15, -0.1) is 11.3 Å². The molecule has 118 valence electrons. The average Bonchev–Trinajstić information content (AvgIpc) is 2.88. The molecular formula is C17H23N3OS. The summed E-state index contributed by atoms with van der Waals surface area (Å²) in [6, 6.07) is 8.25. The Kier molecular flexibility index (Phi) is 4.76. The van der Waals surface area contributed by atoms with Crippen LogP contribution < -0.4 is 4.90 Å². The highest BCUT2D eigenvalue weighted by molar-refractivity contribution is 7.15. The molecule has 1 saturated heterocycles. The Labute approximate surface area is 136 Å². The van der Waals surface area contributed by atoms with Gasteiger partial charge in [-0.2, -0.15) is 0 Å². The number of aryl methyl sites for hydroxylation is 2. The van der Waals surface area contributed by atoms with Crippen LogP contribution in [0.1, 0.15) is 21.7 Å². The summed E-state index contributed by atoms with van der Waals surface area (Å²) < 4.78 is 0. The van der Waals surface area contributed by atoms with Gasteiger partial charge >= 0.3 is 0 Å². The zero-order valence-corrected chi connectivity index (χ0v) is 14.1. The molecule has 22 heavy (non-hydrogen) atoms. The summed E-state index contributed by atoms with van der Waals surface area (Å²) in [6.45, 7) is 9.55. The average molecular weight is 317 g/mol. The highest BCUT2D eigenvalue weighted by Gasteiger charge is 2.19. The summed E-state index contributed by atoms with van der Waals surface area (Å²) >= 11 is 1.80. The van der Waals surface area contributed by atoms with E-state index < -0.39 is 0 Å². The molecule has 1 aliphatic rings. The number of aromatic nitrogens is 1. The molecule has 5 heteroatoms. The molecule has 2 aromatic rings. The molecule has 3 rings (SSSR count). The van der Waals surface area contributed by atoms with Crippen LogP contribution in [0.15, 0.2) is 24.3 Å². The third kappa shape index (κ3) is 3.48. The van der Waals surface area contributed by atoms with Gasteiger partial charge in [0.2, 0.25) is 0 Å². The van der Waals surface area contributed by atoms with Crippen LogP contribution in [-0.2, 0) is 13.2 Å². The second kappa shape index (κ2) is 6.77. The van der Waals surface area contributed by atoms with E-state index in [0.29, 0.717) is 0 Å². The number of piperazine rings is 1. The van der Waals surface area contributed by atoms with Crippen LogP contribution in [0.5, 0.6) is 0 Å². The molecule has 0 aliphatic carbocycles. The van der Waals surface area contributed by atoms with Crippen molar-refractivity contribution in [1.29, 1.82) is 0 Å². The zero-order chi connectivity index (χ0) is 15.5. The van der Waals surface area contributed by atoms with Crippen LogP contribution in [-0.4, -0.2) is 41.2 Å². The summed E-state index contributed by atoms with van der Waals surface area (Å²) in [5.74, 6) is 0. The van der Waals surface area contributed by atoms with Crippen molar-refractivity contribution >= 4 is 16.5 Å². The highest BCUT2D eigenvalue weighted by Crippen LogP contribution is 2.26. The maximum atomic E-state index is 9.09. The first-order valence-corrected chi connectivity index (χ1v) is 8.57. The molecule has 0 atom stereocenters. The normalized spacial score (nSPS) is 16.2. The fourth-order valence-corrected chi connectivity index (χ4v) is 3.66. The van der Waals surface area contributed by atoms with Gasteiger partial charge in [0.15, 0.2) is 5.13 Å². The van der Waals surface area contributed by atoms with Gasteiger partial charge < -0.3 is 10.0 Å². The number of hydrogen-bond acceptors (Lipinski definition) is 5. The Balaban J connectivity index is 1.54. The molecule has 0 unspecified atom stereocenters. The molecule has 1 aromatic carbocycles. The molecule has 1 N–H and O–H groups in total. The van der Waals surface area contributed by atoms with Crippen molar-refractivity contribution in [2.75, 3.05) is 31.1 Å². The van der Waals surface area contributed by atoms with E-state index in [-0.39, 0.29) is 6.61 Å². The van der Waals surface area contributed by atoms with Gasteiger partial charge in [-0.25, -0.2) is 4.98 Å². The first-order valence-electron chi connectivity index (χ1n) is 7.75. The van der Waals surface area contributed by atoms with Crippen LogP contribution >= 0.6 is 11.3 Å².